The maximum Gasteiger partial charge on any atom is 0.240 e. The van der Waals surface area contributed by atoms with Crippen LogP contribution in [0.15, 0.2) is 18.5 Å². The number of aryl methyl sites for hydroxylation is 1. The first-order valence-electron chi connectivity index (χ1n) is 7.16. The molecule has 2 unspecified atom stereocenters. The summed E-state index contributed by atoms with van der Waals surface area (Å²) in [6, 6.07) is 2.20. The molecule has 3 rings (SSSR count). The Labute approximate surface area is 119 Å². The summed E-state index contributed by atoms with van der Waals surface area (Å²) < 4.78 is 7.95. The second-order valence-corrected chi connectivity index (χ2v) is 6.66. The van der Waals surface area contributed by atoms with Crippen LogP contribution in [0.3, 0.4) is 0 Å². The van der Waals surface area contributed by atoms with Gasteiger partial charge in [0.1, 0.15) is 11.6 Å². The highest BCUT2D eigenvalue weighted by Gasteiger charge is 2.34. The highest BCUT2D eigenvalue weighted by Crippen LogP contribution is 2.36. The Bertz CT molecular complexity index is 619. The van der Waals surface area contributed by atoms with E-state index >= 15 is 0 Å². The Hall–Kier alpha value is -1.62. The van der Waals surface area contributed by atoms with Crippen molar-refractivity contribution < 1.29 is 4.74 Å². The number of rotatable bonds is 2. The normalized spacial score (nSPS) is 25.8. The number of aromatic nitrogens is 3. The SMILES string of the molecule is Cc1cc2c(OC3CC(N)CC(C)(C)C3)nccn2n1. The Morgan fingerprint density at radius 3 is 2.95 bits per heavy atom. The van der Waals surface area contributed by atoms with Gasteiger partial charge in [0.2, 0.25) is 5.88 Å². The minimum Gasteiger partial charge on any atom is -0.473 e. The molecule has 0 amide bonds. The zero-order chi connectivity index (χ0) is 14.3. The van der Waals surface area contributed by atoms with Gasteiger partial charge in [-0.1, -0.05) is 13.8 Å². The third kappa shape index (κ3) is 2.63. The molecule has 0 bridgehead atoms. The largest absolute Gasteiger partial charge is 0.473 e. The van der Waals surface area contributed by atoms with Crippen LogP contribution in [0.2, 0.25) is 0 Å². The predicted octanol–water partition coefficient (Wildman–Crippen LogP) is 2.32. The predicted molar refractivity (Wildman–Crippen MR) is 77.7 cm³/mol. The molecule has 1 aliphatic carbocycles. The van der Waals surface area contributed by atoms with Gasteiger partial charge in [-0.15, -0.1) is 0 Å². The Kier molecular flexibility index (Phi) is 3.17. The second kappa shape index (κ2) is 4.74. The summed E-state index contributed by atoms with van der Waals surface area (Å²) in [6.07, 6.45) is 6.64. The standard InChI is InChI=1S/C15H22N4O/c1-10-6-13-14(17-4-5-19(13)18-10)20-12-7-11(16)8-15(2,3)9-12/h4-6,11-12H,7-9,16H2,1-3H3. The molecule has 1 saturated carbocycles. The zero-order valence-corrected chi connectivity index (χ0v) is 12.3. The van der Waals surface area contributed by atoms with Crippen molar-refractivity contribution in [3.8, 4) is 5.88 Å². The van der Waals surface area contributed by atoms with Gasteiger partial charge in [0.05, 0.1) is 5.69 Å². The summed E-state index contributed by atoms with van der Waals surface area (Å²) in [5, 5.41) is 4.38. The van der Waals surface area contributed by atoms with Crippen molar-refractivity contribution in [2.24, 2.45) is 11.1 Å². The van der Waals surface area contributed by atoms with Crippen LogP contribution in [0.5, 0.6) is 5.88 Å². The van der Waals surface area contributed by atoms with Crippen LogP contribution in [0.1, 0.15) is 38.8 Å². The summed E-state index contributed by atoms with van der Waals surface area (Å²) in [4.78, 5) is 4.36. The molecule has 2 heterocycles. The minimum absolute atomic E-state index is 0.127. The van der Waals surface area contributed by atoms with Crippen molar-refractivity contribution >= 4 is 5.52 Å². The van der Waals surface area contributed by atoms with Crippen molar-refractivity contribution in [1.82, 2.24) is 14.6 Å². The van der Waals surface area contributed by atoms with Gasteiger partial charge < -0.3 is 10.5 Å². The van der Waals surface area contributed by atoms with Gasteiger partial charge in [-0.25, -0.2) is 9.50 Å². The number of hydrogen-bond acceptors (Lipinski definition) is 4. The van der Waals surface area contributed by atoms with E-state index in [4.69, 9.17) is 10.5 Å². The molecule has 20 heavy (non-hydrogen) atoms. The molecular weight excluding hydrogens is 252 g/mol. The summed E-state index contributed by atoms with van der Waals surface area (Å²) in [5.41, 5.74) is 8.26. The van der Waals surface area contributed by atoms with Gasteiger partial charge in [0.15, 0.2) is 0 Å². The smallest absolute Gasteiger partial charge is 0.240 e. The van der Waals surface area contributed by atoms with E-state index in [1.807, 2.05) is 23.7 Å². The highest BCUT2D eigenvalue weighted by molar-refractivity contribution is 5.56. The number of nitrogens with zero attached hydrogens (tertiary/aromatic N) is 3. The molecule has 2 atom stereocenters. The van der Waals surface area contributed by atoms with Gasteiger partial charge in [-0.2, -0.15) is 5.10 Å². The van der Waals surface area contributed by atoms with Crippen LogP contribution in [-0.2, 0) is 0 Å². The molecular formula is C15H22N4O. The van der Waals surface area contributed by atoms with Crippen LogP contribution in [0.25, 0.3) is 5.52 Å². The maximum absolute atomic E-state index is 6.15. The van der Waals surface area contributed by atoms with Crippen LogP contribution in [0.4, 0.5) is 0 Å². The summed E-state index contributed by atoms with van der Waals surface area (Å²) in [7, 11) is 0. The van der Waals surface area contributed by atoms with E-state index in [1.165, 1.54) is 0 Å². The van der Waals surface area contributed by atoms with E-state index in [0.717, 1.165) is 30.5 Å². The number of fused-ring (bicyclic) bond motifs is 1. The molecule has 0 aliphatic heterocycles. The highest BCUT2D eigenvalue weighted by atomic mass is 16.5. The van der Waals surface area contributed by atoms with Crippen molar-refractivity contribution in [3.05, 3.63) is 24.2 Å². The lowest BCUT2D eigenvalue weighted by Gasteiger charge is -2.38. The maximum atomic E-state index is 6.15. The van der Waals surface area contributed by atoms with E-state index in [1.54, 1.807) is 6.20 Å². The minimum atomic E-state index is 0.127. The van der Waals surface area contributed by atoms with Gasteiger partial charge in [0.25, 0.3) is 0 Å². The second-order valence-electron chi connectivity index (χ2n) is 6.66. The molecule has 108 valence electrons. The fourth-order valence-electron chi connectivity index (χ4n) is 3.27. The molecule has 0 radical (unpaired) electrons. The van der Waals surface area contributed by atoms with Crippen molar-refractivity contribution in [2.75, 3.05) is 0 Å². The number of nitrogens with two attached hydrogens (primary N) is 1. The van der Waals surface area contributed by atoms with Crippen molar-refractivity contribution in [2.45, 2.75) is 52.2 Å². The topological polar surface area (TPSA) is 65.4 Å². The van der Waals surface area contributed by atoms with Crippen LogP contribution in [-0.4, -0.2) is 26.7 Å². The number of ether oxygens (including phenoxy) is 1. The van der Waals surface area contributed by atoms with Crippen molar-refractivity contribution in [3.63, 3.8) is 0 Å². The van der Waals surface area contributed by atoms with Gasteiger partial charge >= 0.3 is 0 Å². The molecule has 1 fully saturated rings. The van der Waals surface area contributed by atoms with E-state index < -0.39 is 0 Å². The van der Waals surface area contributed by atoms with Gasteiger partial charge in [-0.05, 0) is 37.7 Å². The molecule has 0 aromatic carbocycles. The molecule has 0 saturated heterocycles. The van der Waals surface area contributed by atoms with Crippen molar-refractivity contribution in [1.29, 1.82) is 0 Å². The van der Waals surface area contributed by atoms with E-state index in [-0.39, 0.29) is 17.6 Å². The Morgan fingerprint density at radius 1 is 1.40 bits per heavy atom. The Morgan fingerprint density at radius 2 is 2.20 bits per heavy atom. The fraction of sp³-hybridized carbons (Fsp3) is 0.600. The third-order valence-corrected chi connectivity index (χ3v) is 3.92. The number of hydrogen-bond donors (Lipinski definition) is 1. The van der Waals surface area contributed by atoms with E-state index in [2.05, 4.69) is 23.9 Å². The molecule has 2 aromatic heterocycles. The first-order chi connectivity index (χ1) is 9.43. The lowest BCUT2D eigenvalue weighted by molar-refractivity contribution is 0.0710. The summed E-state index contributed by atoms with van der Waals surface area (Å²) in [6.45, 7) is 6.47. The Balaban J connectivity index is 1.86. The van der Waals surface area contributed by atoms with E-state index in [9.17, 15) is 0 Å². The third-order valence-electron chi connectivity index (χ3n) is 3.92. The molecule has 5 heteroatoms. The zero-order valence-electron chi connectivity index (χ0n) is 12.3. The molecule has 2 aromatic rings. The molecule has 1 aliphatic rings. The lowest BCUT2D eigenvalue weighted by atomic mass is 9.74. The molecule has 5 nitrogen and oxygen atoms in total. The molecule has 2 N–H and O–H groups in total. The lowest BCUT2D eigenvalue weighted by Crippen LogP contribution is -2.41. The monoisotopic (exact) mass is 274 g/mol. The average molecular weight is 274 g/mol. The van der Waals surface area contributed by atoms with Gasteiger partial charge in [0, 0.05) is 18.4 Å². The quantitative estimate of drug-likeness (QED) is 0.912. The first-order valence-corrected chi connectivity index (χ1v) is 7.16. The van der Waals surface area contributed by atoms with Gasteiger partial charge in [-0.3, -0.25) is 0 Å². The molecule has 0 spiro atoms. The van der Waals surface area contributed by atoms with Crippen LogP contribution < -0.4 is 10.5 Å². The summed E-state index contributed by atoms with van der Waals surface area (Å²) in [5.74, 6) is 0.656. The fourth-order valence-corrected chi connectivity index (χ4v) is 3.27. The van der Waals surface area contributed by atoms with Crippen LogP contribution in [0, 0.1) is 12.3 Å². The summed E-state index contributed by atoms with van der Waals surface area (Å²) >= 11 is 0. The first kappa shape index (κ1) is 13.4. The van der Waals surface area contributed by atoms with E-state index in [0.29, 0.717) is 5.88 Å². The van der Waals surface area contributed by atoms with Crippen LogP contribution >= 0.6 is 0 Å². The average Bonchev–Trinajstić information content (AvgIpc) is 2.67.